The third-order valence-electron chi connectivity index (χ3n) is 9.07. The van der Waals surface area contributed by atoms with Gasteiger partial charge < -0.3 is 39.4 Å². The van der Waals surface area contributed by atoms with Crippen LogP contribution in [0.25, 0.3) is 0 Å². The van der Waals surface area contributed by atoms with Crippen molar-refractivity contribution in [2.24, 2.45) is 28.1 Å². The Kier molecular flexibility index (Phi) is 3.15. The van der Waals surface area contributed by atoms with Gasteiger partial charge in [-0.1, -0.05) is 27.7 Å². The van der Waals surface area contributed by atoms with Crippen molar-refractivity contribution >= 4 is 11.9 Å². The minimum atomic E-state index is -2.06. The fourth-order valence-electron chi connectivity index (χ4n) is 8.35. The van der Waals surface area contributed by atoms with Gasteiger partial charge in [0, 0.05) is 11.8 Å². The van der Waals surface area contributed by atoms with Gasteiger partial charge in [-0.2, -0.15) is 0 Å². The van der Waals surface area contributed by atoms with E-state index >= 15 is 0 Å². The third kappa shape index (κ3) is 1.41. The van der Waals surface area contributed by atoms with Gasteiger partial charge in [-0.05, 0) is 11.8 Å². The van der Waals surface area contributed by atoms with Gasteiger partial charge >= 0.3 is 11.9 Å². The molecule has 0 radical (unpaired) electrons. The van der Waals surface area contributed by atoms with Crippen molar-refractivity contribution in [1.82, 2.24) is 0 Å². The van der Waals surface area contributed by atoms with Crippen molar-refractivity contribution in [3.8, 4) is 0 Å². The first-order valence-electron chi connectivity index (χ1n) is 10.3. The van der Waals surface area contributed by atoms with E-state index in [1.165, 1.54) is 6.92 Å². The fraction of sp³-hybridized carbons (Fsp3) is 0.900. The van der Waals surface area contributed by atoms with E-state index in [1.807, 2.05) is 20.8 Å². The van der Waals surface area contributed by atoms with Gasteiger partial charge in [0.2, 0.25) is 11.9 Å². The van der Waals surface area contributed by atoms with Gasteiger partial charge in [-0.25, -0.2) is 9.59 Å². The number of aliphatic hydroxyl groups excluding tert-OH is 3. The maximum atomic E-state index is 13.4. The Bertz CT molecular complexity index is 883. The molecule has 10 nitrogen and oxygen atoms in total. The van der Waals surface area contributed by atoms with Crippen molar-refractivity contribution in [3.63, 3.8) is 0 Å². The van der Waals surface area contributed by atoms with Gasteiger partial charge in [0.25, 0.3) is 0 Å². The number of esters is 2. The monoisotopic (exact) mass is 426 g/mol. The molecule has 30 heavy (non-hydrogen) atoms. The van der Waals surface area contributed by atoms with Crippen molar-refractivity contribution in [2.45, 2.75) is 82.3 Å². The van der Waals surface area contributed by atoms with Crippen LogP contribution in [-0.4, -0.2) is 80.6 Å². The van der Waals surface area contributed by atoms with E-state index in [2.05, 4.69) is 0 Å². The Morgan fingerprint density at radius 2 is 1.77 bits per heavy atom. The summed E-state index contributed by atoms with van der Waals surface area (Å²) in [5.74, 6) is -3.48. The van der Waals surface area contributed by atoms with Crippen molar-refractivity contribution in [1.29, 1.82) is 0 Å². The molecule has 6 fully saturated rings. The van der Waals surface area contributed by atoms with Crippen molar-refractivity contribution in [3.05, 3.63) is 0 Å². The highest BCUT2D eigenvalue weighted by Gasteiger charge is 3.02. The van der Waals surface area contributed by atoms with E-state index in [4.69, 9.17) is 18.9 Å². The summed E-state index contributed by atoms with van der Waals surface area (Å²) in [5.41, 5.74) is -7.71. The highest BCUT2D eigenvalue weighted by Crippen LogP contribution is 2.84. The second-order valence-electron chi connectivity index (χ2n) is 10.9. The van der Waals surface area contributed by atoms with Crippen LogP contribution in [0.3, 0.4) is 0 Å². The van der Waals surface area contributed by atoms with Crippen LogP contribution in [0.4, 0.5) is 0 Å². The molecule has 0 aromatic carbocycles. The average molecular weight is 426 g/mol. The molecule has 6 rings (SSSR count). The Hall–Kier alpha value is -1.30. The molecule has 0 bridgehead atoms. The predicted octanol–water partition coefficient (Wildman–Crippen LogP) is -1.58. The molecule has 4 saturated heterocycles. The van der Waals surface area contributed by atoms with Gasteiger partial charge in [-0.3, -0.25) is 0 Å². The summed E-state index contributed by atoms with van der Waals surface area (Å²) in [5, 5.41) is 44.8. The second-order valence-corrected chi connectivity index (χ2v) is 10.9. The predicted molar refractivity (Wildman–Crippen MR) is 93.0 cm³/mol. The first kappa shape index (κ1) is 19.4. The molecule has 0 aromatic heterocycles. The van der Waals surface area contributed by atoms with Crippen LogP contribution in [0.2, 0.25) is 0 Å². The van der Waals surface area contributed by atoms with E-state index in [1.54, 1.807) is 0 Å². The normalized spacial score (nSPS) is 62.8. The SMILES string of the molecule is C[C@@H]1C(O)OC2CC34C5OC(=O)C3(OC3OC(=O)[C@H](O)C34C(C(C)(C)C)[C@H]5O)[C@]21O. The summed E-state index contributed by atoms with van der Waals surface area (Å²) in [6, 6.07) is 0. The molecule has 2 aliphatic carbocycles. The number of fused-ring (bicyclic) bond motifs is 1. The average Bonchev–Trinajstić information content (AvgIpc) is 3.32. The fourth-order valence-corrected chi connectivity index (χ4v) is 8.35. The molecule has 4 heterocycles. The molecule has 10 heteroatoms. The molecule has 166 valence electrons. The Morgan fingerprint density at radius 1 is 1.10 bits per heavy atom. The Labute approximate surface area is 172 Å². The lowest BCUT2D eigenvalue weighted by Gasteiger charge is -2.46. The first-order valence-corrected chi connectivity index (χ1v) is 10.3. The highest BCUT2D eigenvalue weighted by molar-refractivity contribution is 5.91. The van der Waals surface area contributed by atoms with Crippen LogP contribution in [0.15, 0.2) is 0 Å². The summed E-state index contributed by atoms with van der Waals surface area (Å²) < 4.78 is 22.9. The number of rotatable bonds is 0. The van der Waals surface area contributed by atoms with Crippen LogP contribution in [0, 0.1) is 28.1 Å². The van der Waals surface area contributed by atoms with Crippen LogP contribution < -0.4 is 0 Å². The molecule has 4 N–H and O–H groups in total. The quantitative estimate of drug-likeness (QED) is 0.334. The van der Waals surface area contributed by atoms with E-state index in [0.717, 1.165) is 0 Å². The largest absolute Gasteiger partial charge is 0.457 e. The lowest BCUT2D eigenvalue weighted by Crippen LogP contribution is -2.66. The third-order valence-corrected chi connectivity index (χ3v) is 9.07. The molecule has 2 spiro atoms. The first-order chi connectivity index (χ1) is 13.8. The summed E-state index contributed by atoms with van der Waals surface area (Å²) in [6.07, 6.45) is -7.80. The maximum absolute atomic E-state index is 13.4. The van der Waals surface area contributed by atoms with Crippen LogP contribution in [0.1, 0.15) is 34.1 Å². The van der Waals surface area contributed by atoms with E-state index in [9.17, 15) is 30.0 Å². The maximum Gasteiger partial charge on any atom is 0.342 e. The molecule has 6 aliphatic rings. The molecular weight excluding hydrogens is 400 g/mol. The van der Waals surface area contributed by atoms with Gasteiger partial charge in [0.05, 0.1) is 23.0 Å². The van der Waals surface area contributed by atoms with E-state index in [-0.39, 0.29) is 6.42 Å². The minimum Gasteiger partial charge on any atom is -0.457 e. The van der Waals surface area contributed by atoms with Crippen LogP contribution >= 0.6 is 0 Å². The molecule has 0 aromatic rings. The lowest BCUT2D eigenvalue weighted by atomic mass is 9.51. The zero-order valence-electron chi connectivity index (χ0n) is 17.1. The topological polar surface area (TPSA) is 152 Å². The smallest absolute Gasteiger partial charge is 0.342 e. The number of hydrogen-bond donors (Lipinski definition) is 4. The molecule has 4 aliphatic heterocycles. The summed E-state index contributed by atoms with van der Waals surface area (Å²) in [6.45, 7) is 7.11. The number of carbonyl (C=O) groups excluding carboxylic acids is 2. The summed E-state index contributed by atoms with van der Waals surface area (Å²) in [7, 11) is 0. The van der Waals surface area contributed by atoms with Crippen LogP contribution in [0.5, 0.6) is 0 Å². The number of carbonyl (C=O) groups is 2. The zero-order valence-corrected chi connectivity index (χ0v) is 17.1. The van der Waals surface area contributed by atoms with Gasteiger partial charge in [-0.15, -0.1) is 0 Å². The number of hydrogen-bond acceptors (Lipinski definition) is 10. The zero-order chi connectivity index (χ0) is 21.8. The minimum absolute atomic E-state index is 0.0465. The standard InChI is InChI=1S/C20H26O10/c1-6-12(23)27-7-5-17-11-8(21)9(16(2,3)4)18(17)10(22)13(24)29-15(18)30-20(17,14(25)28-11)19(6,7)26/h6-12,15,21-23,26H,5H2,1-4H3/t6-,7?,8-,9?,10+,11?,12?,15?,17?,18?,19-,20?/m1/s1. The molecule has 12 atom stereocenters. The second kappa shape index (κ2) is 4.87. The van der Waals surface area contributed by atoms with Crippen molar-refractivity contribution in [2.75, 3.05) is 0 Å². The molecule has 8 unspecified atom stereocenters. The van der Waals surface area contributed by atoms with Crippen molar-refractivity contribution < 1.29 is 49.0 Å². The molecular formula is C20H26O10. The Morgan fingerprint density at radius 3 is 2.40 bits per heavy atom. The van der Waals surface area contributed by atoms with E-state index in [0.29, 0.717) is 0 Å². The van der Waals surface area contributed by atoms with Crippen LogP contribution in [-0.2, 0) is 28.5 Å². The number of aliphatic hydroxyl groups is 4. The summed E-state index contributed by atoms with van der Waals surface area (Å²) in [4.78, 5) is 25.9. The Balaban J connectivity index is 1.70. The summed E-state index contributed by atoms with van der Waals surface area (Å²) >= 11 is 0. The number of ether oxygens (including phenoxy) is 4. The van der Waals surface area contributed by atoms with Gasteiger partial charge in [0.15, 0.2) is 12.4 Å². The molecule has 0 amide bonds. The van der Waals surface area contributed by atoms with E-state index < -0.39 is 88.2 Å². The highest BCUT2D eigenvalue weighted by atomic mass is 16.8. The lowest BCUT2D eigenvalue weighted by molar-refractivity contribution is -0.239. The van der Waals surface area contributed by atoms with Gasteiger partial charge in [0.1, 0.15) is 11.7 Å². The molecule has 2 saturated carbocycles.